The molecule has 2 aromatic rings. The molecule has 2 N–H and O–H groups in total. The quantitative estimate of drug-likeness (QED) is 0.909. The Morgan fingerprint density at radius 1 is 1.45 bits per heavy atom. The summed E-state index contributed by atoms with van der Waals surface area (Å²) in [5.41, 5.74) is 1.38. The van der Waals surface area contributed by atoms with Crippen LogP contribution in [0, 0.1) is 5.92 Å². The Labute approximate surface area is 134 Å². The van der Waals surface area contributed by atoms with Gasteiger partial charge in [-0.1, -0.05) is 6.92 Å². The second kappa shape index (κ2) is 6.20. The second-order valence-corrected chi connectivity index (χ2v) is 7.41. The highest BCUT2D eigenvalue weighted by atomic mass is 32.1. The van der Waals surface area contributed by atoms with Gasteiger partial charge in [0.25, 0.3) is 0 Å². The molecule has 22 heavy (non-hydrogen) atoms. The third-order valence-electron chi connectivity index (χ3n) is 3.96. The summed E-state index contributed by atoms with van der Waals surface area (Å²) in [4.78, 5) is 23.1. The molecular weight excluding hydrogens is 296 g/mol. The molecule has 118 valence electrons. The van der Waals surface area contributed by atoms with E-state index in [4.69, 9.17) is 0 Å². The Hall–Kier alpha value is -1.69. The molecule has 1 aliphatic rings. The molecular formula is C16H22N4OS. The number of nitrogens with zero attached hydrogens (tertiary/aromatic N) is 2. The van der Waals surface area contributed by atoms with Crippen LogP contribution < -0.4 is 10.6 Å². The minimum absolute atomic E-state index is 0.0144. The van der Waals surface area contributed by atoms with Crippen LogP contribution in [-0.2, 0) is 17.6 Å². The summed E-state index contributed by atoms with van der Waals surface area (Å²) in [6.07, 6.45) is 5.00. The van der Waals surface area contributed by atoms with Crippen molar-refractivity contribution in [2.45, 2.75) is 46.1 Å². The lowest BCUT2D eigenvalue weighted by molar-refractivity contribution is -0.119. The molecule has 0 bridgehead atoms. The van der Waals surface area contributed by atoms with Gasteiger partial charge in [-0.05, 0) is 44.6 Å². The summed E-state index contributed by atoms with van der Waals surface area (Å²) >= 11 is 1.77. The summed E-state index contributed by atoms with van der Waals surface area (Å²) in [6, 6.07) is 0.148. The van der Waals surface area contributed by atoms with Gasteiger partial charge in [0.2, 0.25) is 5.91 Å². The smallest absolute Gasteiger partial charge is 0.239 e. The van der Waals surface area contributed by atoms with E-state index in [0.717, 1.165) is 34.8 Å². The third-order valence-corrected chi connectivity index (χ3v) is 5.12. The van der Waals surface area contributed by atoms with Gasteiger partial charge >= 0.3 is 0 Å². The number of carbonyl (C=O) groups is 1. The standard InChI is InChI=1S/C16H22N4OS/c1-9(2)20-13(21)7-17-15-14-11-5-4-10(3)6-12(11)22-16(14)19-8-18-15/h8-10H,4-7H2,1-3H3,(H,20,21)(H,17,18,19)/t10-/m1/s1. The van der Waals surface area contributed by atoms with Crippen LogP contribution in [0.5, 0.6) is 0 Å². The van der Waals surface area contributed by atoms with E-state index in [1.54, 1.807) is 17.7 Å². The highest BCUT2D eigenvalue weighted by Crippen LogP contribution is 2.39. The predicted octanol–water partition coefficient (Wildman–Crippen LogP) is 2.75. The van der Waals surface area contributed by atoms with Gasteiger partial charge in [-0.25, -0.2) is 9.97 Å². The summed E-state index contributed by atoms with van der Waals surface area (Å²) < 4.78 is 0. The van der Waals surface area contributed by atoms with Gasteiger partial charge in [-0.2, -0.15) is 0 Å². The van der Waals surface area contributed by atoms with Crippen molar-refractivity contribution in [1.82, 2.24) is 15.3 Å². The normalized spacial score (nSPS) is 17.5. The highest BCUT2D eigenvalue weighted by molar-refractivity contribution is 7.19. The fraction of sp³-hybridized carbons (Fsp3) is 0.562. The van der Waals surface area contributed by atoms with Gasteiger partial charge in [0.15, 0.2) is 0 Å². The molecule has 0 radical (unpaired) electrons. The molecule has 5 nitrogen and oxygen atoms in total. The van der Waals surface area contributed by atoms with Gasteiger partial charge in [0.1, 0.15) is 17.0 Å². The minimum Gasteiger partial charge on any atom is -0.360 e. The fourth-order valence-corrected chi connectivity index (χ4v) is 4.30. The van der Waals surface area contributed by atoms with Gasteiger partial charge in [0.05, 0.1) is 11.9 Å². The molecule has 3 rings (SSSR count). The third kappa shape index (κ3) is 3.06. The largest absolute Gasteiger partial charge is 0.360 e. The average Bonchev–Trinajstić information content (AvgIpc) is 2.82. The number of hydrogen-bond acceptors (Lipinski definition) is 5. The van der Waals surface area contributed by atoms with E-state index < -0.39 is 0 Å². The Kier molecular flexibility index (Phi) is 4.29. The lowest BCUT2D eigenvalue weighted by Crippen LogP contribution is -2.35. The number of aryl methyl sites for hydroxylation is 1. The van der Waals surface area contributed by atoms with E-state index in [1.165, 1.54) is 16.9 Å². The summed E-state index contributed by atoms with van der Waals surface area (Å²) in [7, 11) is 0. The first-order valence-corrected chi connectivity index (χ1v) is 8.64. The van der Waals surface area contributed by atoms with E-state index in [0.29, 0.717) is 0 Å². The van der Waals surface area contributed by atoms with Crippen LogP contribution in [0.2, 0.25) is 0 Å². The van der Waals surface area contributed by atoms with Crippen molar-refractivity contribution in [3.05, 3.63) is 16.8 Å². The summed E-state index contributed by atoms with van der Waals surface area (Å²) in [6.45, 7) is 6.45. The van der Waals surface area contributed by atoms with E-state index in [1.807, 2.05) is 13.8 Å². The maximum absolute atomic E-state index is 11.8. The number of nitrogens with one attached hydrogen (secondary N) is 2. The number of fused-ring (bicyclic) bond motifs is 3. The molecule has 0 spiro atoms. The Morgan fingerprint density at radius 3 is 3.05 bits per heavy atom. The van der Waals surface area contributed by atoms with Gasteiger partial charge < -0.3 is 10.6 Å². The van der Waals surface area contributed by atoms with Crippen LogP contribution in [0.4, 0.5) is 5.82 Å². The molecule has 0 aromatic carbocycles. The van der Waals surface area contributed by atoms with Crippen molar-refractivity contribution in [2.24, 2.45) is 5.92 Å². The molecule has 6 heteroatoms. The van der Waals surface area contributed by atoms with Crippen molar-refractivity contribution in [1.29, 1.82) is 0 Å². The summed E-state index contributed by atoms with van der Waals surface area (Å²) in [5, 5.41) is 7.18. The van der Waals surface area contributed by atoms with Gasteiger partial charge in [-0.15, -0.1) is 11.3 Å². The van der Waals surface area contributed by atoms with E-state index in [9.17, 15) is 4.79 Å². The van der Waals surface area contributed by atoms with Crippen molar-refractivity contribution in [2.75, 3.05) is 11.9 Å². The zero-order chi connectivity index (χ0) is 15.7. The molecule has 0 unspecified atom stereocenters. The first kappa shape index (κ1) is 15.2. The summed E-state index contributed by atoms with van der Waals surface area (Å²) in [5.74, 6) is 1.51. The van der Waals surface area contributed by atoms with Crippen LogP contribution >= 0.6 is 11.3 Å². The lowest BCUT2D eigenvalue weighted by atomic mass is 9.89. The monoisotopic (exact) mass is 318 g/mol. The maximum Gasteiger partial charge on any atom is 0.239 e. The highest BCUT2D eigenvalue weighted by Gasteiger charge is 2.23. The molecule has 2 aromatic heterocycles. The van der Waals surface area contributed by atoms with Gasteiger partial charge in [0, 0.05) is 10.9 Å². The molecule has 0 saturated heterocycles. The lowest BCUT2D eigenvalue weighted by Gasteiger charge is -2.18. The number of hydrogen-bond donors (Lipinski definition) is 2. The van der Waals surface area contributed by atoms with E-state index in [-0.39, 0.29) is 18.5 Å². The Bertz CT molecular complexity index is 695. The van der Waals surface area contributed by atoms with Crippen LogP contribution in [0.3, 0.4) is 0 Å². The number of aromatic nitrogens is 2. The fourth-order valence-electron chi connectivity index (χ4n) is 2.95. The van der Waals surface area contributed by atoms with Crippen molar-refractivity contribution in [3.8, 4) is 0 Å². The molecule has 1 aliphatic carbocycles. The van der Waals surface area contributed by atoms with Crippen LogP contribution in [0.25, 0.3) is 10.2 Å². The molecule has 1 atom stereocenters. The SMILES string of the molecule is CC(C)NC(=O)CNc1ncnc2sc3c(c12)CC[C@@H](C)C3. The van der Waals surface area contributed by atoms with Crippen LogP contribution in [0.1, 0.15) is 37.6 Å². The van der Waals surface area contributed by atoms with Crippen molar-refractivity contribution < 1.29 is 4.79 Å². The number of amides is 1. The minimum atomic E-state index is -0.0144. The van der Waals surface area contributed by atoms with Crippen molar-refractivity contribution in [3.63, 3.8) is 0 Å². The molecule has 2 heterocycles. The van der Waals surface area contributed by atoms with E-state index >= 15 is 0 Å². The Morgan fingerprint density at radius 2 is 2.27 bits per heavy atom. The van der Waals surface area contributed by atoms with Crippen molar-refractivity contribution >= 4 is 33.3 Å². The van der Waals surface area contributed by atoms with Gasteiger partial charge in [-0.3, -0.25) is 4.79 Å². The number of carbonyl (C=O) groups excluding carboxylic acids is 1. The zero-order valence-corrected chi connectivity index (χ0v) is 14.1. The second-order valence-electron chi connectivity index (χ2n) is 6.33. The predicted molar refractivity (Wildman–Crippen MR) is 90.4 cm³/mol. The molecule has 0 aliphatic heterocycles. The number of rotatable bonds is 4. The zero-order valence-electron chi connectivity index (χ0n) is 13.3. The molecule has 1 amide bonds. The van der Waals surface area contributed by atoms with E-state index in [2.05, 4.69) is 27.5 Å². The maximum atomic E-state index is 11.8. The van der Waals surface area contributed by atoms with Crippen LogP contribution in [-0.4, -0.2) is 28.5 Å². The number of thiophene rings is 1. The first-order chi connectivity index (χ1) is 10.5. The number of anilines is 1. The Balaban J connectivity index is 1.85. The molecule has 0 fully saturated rings. The molecule has 0 saturated carbocycles. The first-order valence-electron chi connectivity index (χ1n) is 7.83. The van der Waals surface area contributed by atoms with Crippen LogP contribution in [0.15, 0.2) is 6.33 Å². The average molecular weight is 318 g/mol. The topological polar surface area (TPSA) is 66.9 Å².